The number of carbonyl (C=O) groups excluding carboxylic acids is 1. The molecule has 0 saturated carbocycles. The van der Waals surface area contributed by atoms with E-state index < -0.39 is 5.41 Å². The van der Waals surface area contributed by atoms with Gasteiger partial charge in [-0.1, -0.05) is 34.6 Å². The van der Waals surface area contributed by atoms with Crippen molar-refractivity contribution in [3.8, 4) is 0 Å². The van der Waals surface area contributed by atoms with Crippen LogP contribution in [0.5, 0.6) is 0 Å². The molecule has 0 fully saturated rings. The van der Waals surface area contributed by atoms with E-state index in [2.05, 4.69) is 24.1 Å². The van der Waals surface area contributed by atoms with E-state index in [4.69, 9.17) is 0 Å². The van der Waals surface area contributed by atoms with E-state index >= 15 is 0 Å². The Hall–Kier alpha value is -1.38. The predicted molar refractivity (Wildman–Crippen MR) is 66.4 cm³/mol. The topological polar surface area (TPSA) is 42.0 Å². The van der Waals surface area contributed by atoms with Gasteiger partial charge in [-0.05, 0) is 23.6 Å². The molecule has 1 N–H and O–H groups in total. The summed E-state index contributed by atoms with van der Waals surface area (Å²) in [6.07, 6.45) is 1.73. The molecule has 3 heteroatoms. The van der Waals surface area contributed by atoms with Gasteiger partial charge in [0.05, 0.1) is 0 Å². The van der Waals surface area contributed by atoms with Gasteiger partial charge >= 0.3 is 0 Å². The highest BCUT2D eigenvalue weighted by Gasteiger charge is 2.21. The maximum Gasteiger partial charge on any atom is 0.230 e. The number of aromatic nitrogens is 1. The van der Waals surface area contributed by atoms with Crippen molar-refractivity contribution < 1.29 is 4.79 Å². The Morgan fingerprint density at radius 1 is 1.38 bits per heavy atom. The molecule has 1 heterocycles. The molecule has 16 heavy (non-hydrogen) atoms. The number of rotatable bonds is 2. The van der Waals surface area contributed by atoms with Crippen LogP contribution in [-0.4, -0.2) is 10.9 Å². The summed E-state index contributed by atoms with van der Waals surface area (Å²) in [5, 5.41) is 2.83. The molecule has 0 aliphatic rings. The number of pyridine rings is 1. The molecule has 0 spiro atoms. The third-order valence-electron chi connectivity index (χ3n) is 2.37. The van der Waals surface area contributed by atoms with Crippen LogP contribution in [0.3, 0.4) is 0 Å². The fraction of sp³-hybridized carbons (Fsp3) is 0.538. The molecular formula is C13H20N2O. The van der Waals surface area contributed by atoms with Crippen LogP contribution in [0, 0.1) is 5.41 Å². The molecule has 0 aromatic carbocycles. The lowest BCUT2D eigenvalue weighted by atomic mass is 9.95. The second kappa shape index (κ2) is 4.64. The molecule has 1 rings (SSSR count). The zero-order valence-corrected chi connectivity index (χ0v) is 10.7. The third kappa shape index (κ3) is 3.33. The van der Waals surface area contributed by atoms with Crippen LogP contribution in [0.25, 0.3) is 0 Å². The molecule has 1 aromatic heterocycles. The van der Waals surface area contributed by atoms with Gasteiger partial charge < -0.3 is 5.32 Å². The molecule has 0 aliphatic heterocycles. The largest absolute Gasteiger partial charge is 0.310 e. The Morgan fingerprint density at radius 2 is 2.00 bits per heavy atom. The molecule has 3 nitrogen and oxygen atoms in total. The zero-order valence-electron chi connectivity index (χ0n) is 10.7. The van der Waals surface area contributed by atoms with Crippen molar-refractivity contribution in [2.45, 2.75) is 40.5 Å². The first kappa shape index (κ1) is 12.7. The number of carbonyl (C=O) groups is 1. The first-order valence-electron chi connectivity index (χ1n) is 5.58. The third-order valence-corrected chi connectivity index (χ3v) is 2.37. The molecule has 88 valence electrons. The lowest BCUT2D eigenvalue weighted by Gasteiger charge is -2.17. The second-order valence-electron chi connectivity index (χ2n) is 5.33. The van der Waals surface area contributed by atoms with Crippen molar-refractivity contribution in [2.75, 3.05) is 5.32 Å². The quantitative estimate of drug-likeness (QED) is 0.831. The monoisotopic (exact) mass is 220 g/mol. The van der Waals surface area contributed by atoms with Gasteiger partial charge in [0.15, 0.2) is 0 Å². The lowest BCUT2D eigenvalue weighted by molar-refractivity contribution is -0.123. The van der Waals surface area contributed by atoms with Crippen molar-refractivity contribution >= 4 is 11.7 Å². The highest BCUT2D eigenvalue weighted by molar-refractivity contribution is 5.93. The van der Waals surface area contributed by atoms with E-state index in [1.807, 2.05) is 32.9 Å². The average molecular weight is 220 g/mol. The maximum atomic E-state index is 11.8. The summed E-state index contributed by atoms with van der Waals surface area (Å²) in [5.74, 6) is 1.06. The first-order chi connectivity index (χ1) is 7.30. The second-order valence-corrected chi connectivity index (χ2v) is 5.33. The minimum Gasteiger partial charge on any atom is -0.310 e. The van der Waals surface area contributed by atoms with Crippen molar-refractivity contribution in [3.05, 3.63) is 23.9 Å². The number of hydrogen-bond acceptors (Lipinski definition) is 2. The van der Waals surface area contributed by atoms with E-state index in [1.165, 1.54) is 5.56 Å². The first-order valence-corrected chi connectivity index (χ1v) is 5.58. The van der Waals surface area contributed by atoms with Crippen LogP contribution in [0.1, 0.15) is 46.1 Å². The fourth-order valence-corrected chi connectivity index (χ4v) is 1.18. The van der Waals surface area contributed by atoms with Gasteiger partial charge in [0, 0.05) is 11.6 Å². The molecule has 0 saturated heterocycles. The van der Waals surface area contributed by atoms with Gasteiger partial charge in [-0.3, -0.25) is 4.79 Å². The van der Waals surface area contributed by atoms with Crippen molar-refractivity contribution in [1.29, 1.82) is 0 Å². The van der Waals surface area contributed by atoms with Gasteiger partial charge in [0.1, 0.15) is 5.82 Å². The van der Waals surface area contributed by atoms with Crippen LogP contribution in [0.4, 0.5) is 5.82 Å². The van der Waals surface area contributed by atoms with Gasteiger partial charge in [-0.2, -0.15) is 0 Å². The molecule has 0 atom stereocenters. The van der Waals surface area contributed by atoms with E-state index in [1.54, 1.807) is 6.20 Å². The Kier molecular flexibility index (Phi) is 3.68. The van der Waals surface area contributed by atoms with Crippen molar-refractivity contribution in [3.63, 3.8) is 0 Å². The molecule has 0 radical (unpaired) electrons. The average Bonchev–Trinajstić information content (AvgIpc) is 2.16. The van der Waals surface area contributed by atoms with Crippen LogP contribution >= 0.6 is 0 Å². The fourth-order valence-electron chi connectivity index (χ4n) is 1.18. The number of nitrogens with one attached hydrogen (secondary N) is 1. The van der Waals surface area contributed by atoms with E-state index in [0.717, 1.165) is 0 Å². The van der Waals surface area contributed by atoms with Gasteiger partial charge in [-0.25, -0.2) is 4.98 Å². The summed E-state index contributed by atoms with van der Waals surface area (Å²) in [7, 11) is 0. The minimum absolute atomic E-state index is 0.0130. The van der Waals surface area contributed by atoms with Crippen molar-refractivity contribution in [1.82, 2.24) is 4.98 Å². The van der Waals surface area contributed by atoms with Gasteiger partial charge in [0.2, 0.25) is 5.91 Å². The standard InChI is InChI=1S/C13H20N2O/c1-9(2)10-6-7-14-11(8-10)15-12(16)13(3,4)5/h6-9H,1-5H3,(H,14,15,16). The summed E-state index contributed by atoms with van der Waals surface area (Å²) in [4.78, 5) is 15.9. The summed E-state index contributed by atoms with van der Waals surface area (Å²) in [6, 6.07) is 3.89. The number of nitrogens with zero attached hydrogens (tertiary/aromatic N) is 1. The maximum absolute atomic E-state index is 11.8. The Balaban J connectivity index is 2.83. The summed E-state index contributed by atoms with van der Waals surface area (Å²) >= 11 is 0. The SMILES string of the molecule is CC(C)c1ccnc(NC(=O)C(C)(C)C)c1. The molecule has 1 amide bonds. The molecule has 0 unspecified atom stereocenters. The molecule has 1 aromatic rings. The van der Waals surface area contributed by atoms with Crippen LogP contribution < -0.4 is 5.32 Å². The zero-order chi connectivity index (χ0) is 12.3. The van der Waals surface area contributed by atoms with Gasteiger partial charge in [0.25, 0.3) is 0 Å². The van der Waals surface area contributed by atoms with E-state index in [0.29, 0.717) is 11.7 Å². The van der Waals surface area contributed by atoms with E-state index in [9.17, 15) is 4.79 Å². The molecule has 0 bridgehead atoms. The van der Waals surface area contributed by atoms with Gasteiger partial charge in [-0.15, -0.1) is 0 Å². The summed E-state index contributed by atoms with van der Waals surface area (Å²) in [6.45, 7) is 9.88. The highest BCUT2D eigenvalue weighted by atomic mass is 16.2. The summed E-state index contributed by atoms with van der Waals surface area (Å²) in [5.41, 5.74) is 0.786. The normalized spacial score (nSPS) is 11.6. The smallest absolute Gasteiger partial charge is 0.230 e. The minimum atomic E-state index is -0.393. The number of anilines is 1. The number of hydrogen-bond donors (Lipinski definition) is 1. The van der Waals surface area contributed by atoms with E-state index in [-0.39, 0.29) is 5.91 Å². The molecular weight excluding hydrogens is 200 g/mol. The molecule has 0 aliphatic carbocycles. The van der Waals surface area contributed by atoms with Crippen LogP contribution in [0.2, 0.25) is 0 Å². The Morgan fingerprint density at radius 3 is 2.50 bits per heavy atom. The Bertz CT molecular complexity index is 378. The lowest BCUT2D eigenvalue weighted by Crippen LogP contribution is -2.28. The predicted octanol–water partition coefficient (Wildman–Crippen LogP) is 3.19. The van der Waals surface area contributed by atoms with Crippen molar-refractivity contribution in [2.24, 2.45) is 5.41 Å². The Labute approximate surface area is 97.3 Å². The van der Waals surface area contributed by atoms with Crippen LogP contribution in [-0.2, 0) is 4.79 Å². The highest BCUT2D eigenvalue weighted by Crippen LogP contribution is 2.19. The summed E-state index contributed by atoms with van der Waals surface area (Å²) < 4.78 is 0. The van der Waals surface area contributed by atoms with Crippen LogP contribution in [0.15, 0.2) is 18.3 Å². The number of amides is 1.